The zero-order valence-electron chi connectivity index (χ0n) is 5.73. The highest BCUT2D eigenvalue weighted by molar-refractivity contribution is 6.11. The van der Waals surface area contributed by atoms with Gasteiger partial charge in [-0.3, -0.25) is 0 Å². The van der Waals surface area contributed by atoms with Gasteiger partial charge in [0.1, 0.15) is 17.8 Å². The van der Waals surface area contributed by atoms with Gasteiger partial charge in [-0.1, -0.05) is 0 Å². The monoisotopic (exact) mass is 144 g/mol. The summed E-state index contributed by atoms with van der Waals surface area (Å²) < 4.78 is 1.41. The number of rotatable bonds is 0. The van der Waals surface area contributed by atoms with Crippen LogP contribution in [0.1, 0.15) is 0 Å². The summed E-state index contributed by atoms with van der Waals surface area (Å²) in [5.41, 5.74) is 6.20. The number of nitrogen functional groups attached to an aromatic ring is 1. The lowest BCUT2D eigenvalue weighted by Gasteiger charge is -1.95. The van der Waals surface area contributed by atoms with E-state index in [0.29, 0.717) is 11.5 Å². The van der Waals surface area contributed by atoms with E-state index in [4.69, 9.17) is 13.7 Å². The molecule has 2 radical (unpaired) electrons. The number of nitrogens with zero attached hydrogens (tertiary/aromatic N) is 3. The van der Waals surface area contributed by atoms with Crippen molar-refractivity contribution in [2.75, 3.05) is 5.73 Å². The lowest BCUT2D eigenvalue weighted by atomic mass is 10.4. The summed E-state index contributed by atoms with van der Waals surface area (Å²) in [5, 5.41) is 0.787. The summed E-state index contributed by atoms with van der Waals surface area (Å²) in [7, 11) is 5.52. The number of hydrogen-bond donors (Lipinski definition) is 1. The second-order valence-electron chi connectivity index (χ2n) is 2.22. The first-order valence-corrected chi connectivity index (χ1v) is 3.11. The molecule has 0 saturated carbocycles. The van der Waals surface area contributed by atoms with Crippen molar-refractivity contribution >= 4 is 24.8 Å². The molecule has 0 amide bonds. The zero-order valence-corrected chi connectivity index (χ0v) is 5.73. The Morgan fingerprint density at radius 3 is 3.00 bits per heavy atom. The molecule has 52 valence electrons. The van der Waals surface area contributed by atoms with Gasteiger partial charge in [0.15, 0.2) is 0 Å². The van der Waals surface area contributed by atoms with E-state index in [1.165, 1.54) is 10.8 Å². The molecular formula is C6H5BN4. The lowest BCUT2D eigenvalue weighted by molar-refractivity contribution is 1.18. The van der Waals surface area contributed by atoms with Crippen molar-refractivity contribution in [2.45, 2.75) is 0 Å². The van der Waals surface area contributed by atoms with Crippen molar-refractivity contribution in [3.8, 4) is 0 Å². The van der Waals surface area contributed by atoms with Gasteiger partial charge in [0, 0.05) is 0 Å². The number of anilines is 1. The third-order valence-electron chi connectivity index (χ3n) is 1.54. The molecule has 0 unspecified atom stereocenters. The van der Waals surface area contributed by atoms with Crippen molar-refractivity contribution in [1.29, 1.82) is 0 Å². The van der Waals surface area contributed by atoms with Crippen LogP contribution in [0.15, 0.2) is 18.6 Å². The molecule has 2 heterocycles. The highest BCUT2D eigenvalue weighted by Gasteiger charge is 2.00. The van der Waals surface area contributed by atoms with Gasteiger partial charge in [0.2, 0.25) is 7.98 Å². The van der Waals surface area contributed by atoms with Crippen LogP contribution < -0.4 is 5.73 Å². The first kappa shape index (κ1) is 6.21. The van der Waals surface area contributed by atoms with E-state index in [1.54, 1.807) is 12.3 Å². The van der Waals surface area contributed by atoms with Gasteiger partial charge in [0.25, 0.3) is 0 Å². The highest BCUT2D eigenvalue weighted by Crippen LogP contribution is 2.15. The Balaban J connectivity index is 2.94. The molecule has 0 atom stereocenters. The normalized spacial score (nSPS) is 10.5. The molecule has 0 fully saturated rings. The van der Waals surface area contributed by atoms with Crippen LogP contribution in [0.5, 0.6) is 0 Å². The van der Waals surface area contributed by atoms with E-state index < -0.39 is 0 Å². The number of hydrogen-bond acceptors (Lipinski definition) is 3. The van der Waals surface area contributed by atoms with Crippen LogP contribution in [0.4, 0.5) is 5.82 Å². The minimum absolute atomic E-state index is 0.458. The molecule has 0 aliphatic carbocycles. The first-order chi connectivity index (χ1) is 5.29. The molecule has 2 rings (SSSR count). The Morgan fingerprint density at radius 2 is 2.27 bits per heavy atom. The number of aromatic nitrogens is 3. The van der Waals surface area contributed by atoms with Gasteiger partial charge >= 0.3 is 0 Å². The fourth-order valence-electron chi connectivity index (χ4n) is 0.990. The van der Waals surface area contributed by atoms with Crippen LogP contribution in [-0.4, -0.2) is 22.4 Å². The molecule has 0 bridgehead atoms. The van der Waals surface area contributed by atoms with E-state index in [1.807, 2.05) is 0 Å². The predicted molar refractivity (Wildman–Crippen MR) is 43.1 cm³/mol. The predicted octanol–water partition coefficient (Wildman–Crippen LogP) is -0.0549. The zero-order chi connectivity index (χ0) is 7.84. The third-order valence-corrected chi connectivity index (χ3v) is 1.54. The van der Waals surface area contributed by atoms with E-state index in [9.17, 15) is 0 Å². The molecule has 11 heavy (non-hydrogen) atoms. The Hall–Kier alpha value is -1.52. The Morgan fingerprint density at radius 1 is 1.45 bits per heavy atom. The number of nitrogens with two attached hydrogens (primary N) is 1. The fourth-order valence-corrected chi connectivity index (χ4v) is 0.990. The second-order valence-corrected chi connectivity index (χ2v) is 2.22. The van der Waals surface area contributed by atoms with Crippen LogP contribution in [0.2, 0.25) is 0 Å². The van der Waals surface area contributed by atoms with Crippen LogP contribution in [-0.2, 0) is 0 Å². The Labute approximate surface area is 64.5 Å². The van der Waals surface area contributed by atoms with E-state index in [2.05, 4.69) is 9.97 Å². The van der Waals surface area contributed by atoms with E-state index in [-0.39, 0.29) is 0 Å². The summed E-state index contributed by atoms with van der Waals surface area (Å²) in [6.07, 6.45) is 3.08. The standard InChI is InChI=1S/C6H5BN4/c7-11-2-1-4-5(8)9-3-10-6(4)11/h1-3H,(H2,8,9,10). The van der Waals surface area contributed by atoms with Crippen LogP contribution in [0.25, 0.3) is 11.0 Å². The minimum atomic E-state index is 0.458. The molecule has 5 heteroatoms. The number of fused-ring (bicyclic) bond motifs is 1. The summed E-state index contributed by atoms with van der Waals surface area (Å²) in [5.74, 6) is 0.458. The summed E-state index contributed by atoms with van der Waals surface area (Å²) in [6.45, 7) is 0. The maximum absolute atomic E-state index is 5.55. The van der Waals surface area contributed by atoms with Crippen molar-refractivity contribution in [1.82, 2.24) is 14.4 Å². The van der Waals surface area contributed by atoms with Crippen molar-refractivity contribution < 1.29 is 0 Å². The summed E-state index contributed by atoms with van der Waals surface area (Å²) in [6, 6.07) is 1.78. The molecule has 0 aliphatic heterocycles. The van der Waals surface area contributed by atoms with Gasteiger partial charge in [-0.2, -0.15) is 0 Å². The summed E-state index contributed by atoms with van der Waals surface area (Å²) >= 11 is 0. The average molecular weight is 144 g/mol. The molecule has 0 spiro atoms. The largest absolute Gasteiger partial charge is 0.388 e. The van der Waals surface area contributed by atoms with Crippen molar-refractivity contribution in [3.05, 3.63) is 18.6 Å². The van der Waals surface area contributed by atoms with Crippen molar-refractivity contribution in [3.63, 3.8) is 0 Å². The van der Waals surface area contributed by atoms with Gasteiger partial charge in [-0.25, -0.2) is 9.97 Å². The molecule has 2 N–H and O–H groups in total. The third kappa shape index (κ3) is 0.773. The molecule has 0 aliphatic rings. The fraction of sp³-hybridized carbons (Fsp3) is 0. The van der Waals surface area contributed by atoms with Gasteiger partial charge in [0.05, 0.1) is 5.39 Å². The van der Waals surface area contributed by atoms with Gasteiger partial charge in [-0.15, -0.1) is 0 Å². The molecule has 2 aromatic rings. The van der Waals surface area contributed by atoms with E-state index >= 15 is 0 Å². The average Bonchev–Trinajstić information content (AvgIpc) is 2.35. The maximum Gasteiger partial charge on any atom is 0.236 e. The first-order valence-electron chi connectivity index (χ1n) is 3.11. The second kappa shape index (κ2) is 1.98. The molecule has 0 aromatic carbocycles. The van der Waals surface area contributed by atoms with Gasteiger partial charge < -0.3 is 10.2 Å². The molecular weight excluding hydrogens is 139 g/mol. The smallest absolute Gasteiger partial charge is 0.236 e. The quantitative estimate of drug-likeness (QED) is 0.527. The molecule has 4 nitrogen and oxygen atoms in total. The lowest BCUT2D eigenvalue weighted by Crippen LogP contribution is -1.95. The Bertz CT molecular complexity index is 394. The van der Waals surface area contributed by atoms with Crippen LogP contribution >= 0.6 is 0 Å². The molecule has 2 aromatic heterocycles. The summed E-state index contributed by atoms with van der Waals surface area (Å²) in [4.78, 5) is 7.77. The highest BCUT2D eigenvalue weighted by atomic mass is 15.0. The topological polar surface area (TPSA) is 56.7 Å². The van der Waals surface area contributed by atoms with E-state index in [0.717, 1.165) is 5.39 Å². The minimum Gasteiger partial charge on any atom is -0.388 e. The van der Waals surface area contributed by atoms with Crippen LogP contribution in [0.3, 0.4) is 0 Å². The molecule has 0 saturated heterocycles. The SMILES string of the molecule is [B]n1ccc2c(N)ncnc21. The van der Waals surface area contributed by atoms with Crippen molar-refractivity contribution in [2.24, 2.45) is 0 Å². The van der Waals surface area contributed by atoms with Crippen LogP contribution in [0, 0.1) is 0 Å². The Kier molecular flexibility index (Phi) is 1.12. The maximum atomic E-state index is 5.55. The van der Waals surface area contributed by atoms with Gasteiger partial charge in [-0.05, 0) is 12.3 Å².